The molecule has 1 heterocycles. The zero-order valence-electron chi connectivity index (χ0n) is 7.50. The van der Waals surface area contributed by atoms with Crippen molar-refractivity contribution >= 4 is 11.6 Å². The molecule has 0 bridgehead atoms. The molecule has 0 fully saturated rings. The Bertz CT molecular complexity index is 221. The summed E-state index contributed by atoms with van der Waals surface area (Å²) in [7, 11) is 0. The number of nitrogens with zero attached hydrogens (tertiary/aromatic N) is 1. The van der Waals surface area contributed by atoms with Crippen molar-refractivity contribution in [2.75, 3.05) is 0 Å². The van der Waals surface area contributed by atoms with E-state index in [0.717, 1.165) is 12.1 Å². The Morgan fingerprint density at radius 1 is 1.50 bits per heavy atom. The largest absolute Gasteiger partial charge is 0.261 e. The number of alkyl halides is 1. The van der Waals surface area contributed by atoms with Gasteiger partial charge in [0.15, 0.2) is 0 Å². The maximum Gasteiger partial charge on any atom is 0.0449 e. The van der Waals surface area contributed by atoms with E-state index < -0.39 is 0 Å². The Morgan fingerprint density at radius 3 is 2.67 bits per heavy atom. The Labute approximate surface area is 78.8 Å². The van der Waals surface area contributed by atoms with Crippen LogP contribution in [0, 0.1) is 0 Å². The molecule has 0 aromatic carbocycles. The van der Waals surface area contributed by atoms with E-state index in [0.29, 0.717) is 5.92 Å². The lowest BCUT2D eigenvalue weighted by Crippen LogP contribution is -2.09. The molecule has 2 heteroatoms. The van der Waals surface area contributed by atoms with Crippen LogP contribution in [-0.2, 0) is 0 Å². The first kappa shape index (κ1) is 9.53. The van der Waals surface area contributed by atoms with Gasteiger partial charge >= 0.3 is 0 Å². The molecule has 0 spiro atoms. The van der Waals surface area contributed by atoms with Crippen LogP contribution in [0.5, 0.6) is 0 Å². The summed E-state index contributed by atoms with van der Waals surface area (Å²) in [6.07, 6.45) is 2.86. The summed E-state index contributed by atoms with van der Waals surface area (Å²) < 4.78 is 0. The van der Waals surface area contributed by atoms with Crippen LogP contribution in [-0.4, -0.2) is 10.4 Å². The van der Waals surface area contributed by atoms with Crippen LogP contribution in [0.1, 0.15) is 31.9 Å². The van der Waals surface area contributed by atoms with E-state index in [1.54, 1.807) is 0 Å². The van der Waals surface area contributed by atoms with Crippen molar-refractivity contribution < 1.29 is 0 Å². The van der Waals surface area contributed by atoms with E-state index in [1.807, 2.05) is 31.3 Å². The fraction of sp³-hybridized carbons (Fsp3) is 0.500. The van der Waals surface area contributed by atoms with E-state index in [-0.39, 0.29) is 5.38 Å². The highest BCUT2D eigenvalue weighted by Gasteiger charge is 2.15. The average Bonchev–Trinajstić information content (AvgIpc) is 2.07. The van der Waals surface area contributed by atoms with Crippen LogP contribution in [0.4, 0.5) is 0 Å². The van der Waals surface area contributed by atoms with Crippen LogP contribution >= 0.6 is 11.6 Å². The van der Waals surface area contributed by atoms with Crippen molar-refractivity contribution in [2.24, 2.45) is 0 Å². The van der Waals surface area contributed by atoms with Gasteiger partial charge in [-0.2, -0.15) is 0 Å². The highest BCUT2D eigenvalue weighted by Crippen LogP contribution is 2.24. The van der Waals surface area contributed by atoms with Crippen molar-refractivity contribution in [3.05, 3.63) is 30.1 Å². The van der Waals surface area contributed by atoms with Crippen molar-refractivity contribution in [3.8, 4) is 0 Å². The summed E-state index contributed by atoms with van der Waals surface area (Å²) in [5, 5.41) is 0.157. The van der Waals surface area contributed by atoms with Crippen molar-refractivity contribution in [1.82, 2.24) is 4.98 Å². The second-order valence-electron chi connectivity index (χ2n) is 2.95. The summed E-state index contributed by atoms with van der Waals surface area (Å²) in [5.74, 6) is 0.382. The molecule has 1 aromatic heterocycles. The van der Waals surface area contributed by atoms with Gasteiger partial charge in [-0.3, -0.25) is 4.98 Å². The number of hydrogen-bond acceptors (Lipinski definition) is 1. The van der Waals surface area contributed by atoms with Gasteiger partial charge in [0, 0.05) is 23.2 Å². The van der Waals surface area contributed by atoms with Gasteiger partial charge in [-0.1, -0.05) is 13.0 Å². The van der Waals surface area contributed by atoms with Crippen LogP contribution in [0.15, 0.2) is 24.4 Å². The fourth-order valence-corrected chi connectivity index (χ4v) is 1.67. The van der Waals surface area contributed by atoms with Crippen molar-refractivity contribution in [3.63, 3.8) is 0 Å². The number of rotatable bonds is 3. The Kier molecular flexibility index (Phi) is 3.54. The molecule has 0 aliphatic heterocycles. The topological polar surface area (TPSA) is 12.9 Å². The predicted octanol–water partition coefficient (Wildman–Crippen LogP) is 3.20. The van der Waals surface area contributed by atoms with Crippen molar-refractivity contribution in [1.29, 1.82) is 0 Å². The fourth-order valence-electron chi connectivity index (χ4n) is 1.36. The molecule has 0 saturated carbocycles. The minimum atomic E-state index is 0.157. The van der Waals surface area contributed by atoms with Gasteiger partial charge in [0.25, 0.3) is 0 Å². The predicted molar refractivity (Wildman–Crippen MR) is 52.6 cm³/mol. The van der Waals surface area contributed by atoms with Crippen molar-refractivity contribution in [2.45, 2.75) is 31.6 Å². The van der Waals surface area contributed by atoms with Gasteiger partial charge in [0.05, 0.1) is 0 Å². The van der Waals surface area contributed by atoms with E-state index in [9.17, 15) is 0 Å². The van der Waals surface area contributed by atoms with Gasteiger partial charge in [0.2, 0.25) is 0 Å². The number of aromatic nitrogens is 1. The van der Waals surface area contributed by atoms with E-state index in [2.05, 4.69) is 11.9 Å². The maximum absolute atomic E-state index is 6.04. The third-order valence-corrected chi connectivity index (χ3v) is 2.37. The maximum atomic E-state index is 6.04. The average molecular weight is 184 g/mol. The third kappa shape index (κ3) is 2.21. The summed E-state index contributed by atoms with van der Waals surface area (Å²) in [5.41, 5.74) is 1.10. The number of hydrogen-bond donors (Lipinski definition) is 0. The first-order valence-corrected chi connectivity index (χ1v) is 4.74. The summed E-state index contributed by atoms with van der Waals surface area (Å²) >= 11 is 6.04. The highest BCUT2D eigenvalue weighted by atomic mass is 35.5. The normalized spacial score (nSPS) is 15.6. The Balaban J connectivity index is 2.80. The smallest absolute Gasteiger partial charge is 0.0449 e. The molecule has 66 valence electrons. The van der Waals surface area contributed by atoms with Gasteiger partial charge < -0.3 is 0 Å². The summed E-state index contributed by atoms with van der Waals surface area (Å²) in [6, 6.07) is 5.96. The molecular weight excluding hydrogens is 170 g/mol. The van der Waals surface area contributed by atoms with E-state index >= 15 is 0 Å². The van der Waals surface area contributed by atoms with Crippen LogP contribution in [0.3, 0.4) is 0 Å². The van der Waals surface area contributed by atoms with E-state index in [1.165, 1.54) is 0 Å². The molecule has 2 atom stereocenters. The molecule has 0 aliphatic rings. The molecule has 1 nitrogen and oxygen atoms in total. The quantitative estimate of drug-likeness (QED) is 0.656. The first-order valence-electron chi connectivity index (χ1n) is 4.30. The zero-order chi connectivity index (χ0) is 8.97. The van der Waals surface area contributed by atoms with Crippen LogP contribution < -0.4 is 0 Å². The lowest BCUT2D eigenvalue weighted by molar-refractivity contribution is 0.630. The number of halogens is 1. The monoisotopic (exact) mass is 183 g/mol. The lowest BCUT2D eigenvalue weighted by Gasteiger charge is -2.15. The molecule has 0 N–H and O–H groups in total. The molecule has 1 rings (SSSR count). The summed E-state index contributed by atoms with van der Waals surface area (Å²) in [4.78, 5) is 4.29. The minimum absolute atomic E-state index is 0.157. The molecule has 2 unspecified atom stereocenters. The third-order valence-electron chi connectivity index (χ3n) is 2.06. The number of pyridine rings is 1. The SMILES string of the molecule is CCC(c1ccccn1)C(C)Cl. The lowest BCUT2D eigenvalue weighted by atomic mass is 9.98. The first-order chi connectivity index (χ1) is 5.75. The molecule has 1 aromatic rings. The molecule has 0 saturated heterocycles. The second kappa shape index (κ2) is 4.46. The van der Waals surface area contributed by atoms with Crippen LogP contribution in [0.2, 0.25) is 0 Å². The highest BCUT2D eigenvalue weighted by molar-refractivity contribution is 6.20. The second-order valence-corrected chi connectivity index (χ2v) is 3.64. The molecular formula is C10H14ClN. The van der Waals surface area contributed by atoms with E-state index in [4.69, 9.17) is 11.6 Å². The summed E-state index contributed by atoms with van der Waals surface area (Å²) in [6.45, 7) is 4.16. The molecule has 0 aliphatic carbocycles. The minimum Gasteiger partial charge on any atom is -0.261 e. The van der Waals surface area contributed by atoms with Gasteiger partial charge in [-0.25, -0.2) is 0 Å². The Morgan fingerprint density at radius 2 is 2.25 bits per heavy atom. The molecule has 0 radical (unpaired) electrons. The standard InChI is InChI=1S/C10H14ClN/c1-3-9(8(2)11)10-6-4-5-7-12-10/h4-9H,3H2,1-2H3. The molecule has 0 amide bonds. The van der Waals surface area contributed by atoms with Crippen LogP contribution in [0.25, 0.3) is 0 Å². The van der Waals surface area contributed by atoms with Gasteiger partial charge in [-0.05, 0) is 25.5 Å². The van der Waals surface area contributed by atoms with Gasteiger partial charge in [-0.15, -0.1) is 11.6 Å². The Hall–Kier alpha value is -0.560. The zero-order valence-corrected chi connectivity index (χ0v) is 8.25. The van der Waals surface area contributed by atoms with Gasteiger partial charge in [0.1, 0.15) is 0 Å². The molecule has 12 heavy (non-hydrogen) atoms.